The van der Waals surface area contributed by atoms with Crippen molar-refractivity contribution in [2.75, 3.05) is 0 Å². The molecule has 1 amide bonds. The lowest BCUT2D eigenvalue weighted by Gasteiger charge is -2.13. The zero-order valence-corrected chi connectivity index (χ0v) is 15.6. The Morgan fingerprint density at radius 3 is 2.38 bits per heavy atom. The molecule has 0 fully saturated rings. The van der Waals surface area contributed by atoms with E-state index in [0.717, 1.165) is 5.56 Å². The number of sulfonamides is 1. The maximum atomic E-state index is 12.1. The Bertz CT molecular complexity index is 920. The molecule has 1 aromatic heterocycles. The van der Waals surface area contributed by atoms with Gasteiger partial charge in [-0.15, -0.1) is 0 Å². The van der Waals surface area contributed by atoms with Gasteiger partial charge in [-0.1, -0.05) is 30.3 Å². The molecule has 0 saturated carbocycles. The van der Waals surface area contributed by atoms with Crippen LogP contribution in [0, 0.1) is 0 Å². The number of aromatic nitrogens is 1. The summed E-state index contributed by atoms with van der Waals surface area (Å²) in [5.74, 6) is -0.480. The Morgan fingerprint density at radius 2 is 1.73 bits per heavy atom. The van der Waals surface area contributed by atoms with Crippen molar-refractivity contribution in [3.05, 3.63) is 70.1 Å². The van der Waals surface area contributed by atoms with E-state index in [4.69, 9.17) is 0 Å². The summed E-state index contributed by atoms with van der Waals surface area (Å²) in [5, 5.41) is 2.73. The smallest absolute Gasteiger partial charge is 0.250 e. The Hall–Kier alpha value is -2.45. The van der Waals surface area contributed by atoms with Crippen molar-refractivity contribution < 1.29 is 13.2 Å². The van der Waals surface area contributed by atoms with Crippen LogP contribution >= 0.6 is 0 Å². The average molecular weight is 377 g/mol. The maximum Gasteiger partial charge on any atom is 0.250 e. The van der Waals surface area contributed by atoms with E-state index in [1.807, 2.05) is 0 Å². The van der Waals surface area contributed by atoms with Crippen LogP contribution in [-0.2, 0) is 33.7 Å². The summed E-state index contributed by atoms with van der Waals surface area (Å²) in [6.07, 6.45) is 1.54. The molecular weight excluding hydrogens is 354 g/mol. The summed E-state index contributed by atoms with van der Waals surface area (Å²) in [6.45, 7) is 3.62. The highest BCUT2D eigenvalue weighted by atomic mass is 32.2. The van der Waals surface area contributed by atoms with Gasteiger partial charge in [0.05, 0.1) is 5.75 Å². The second-order valence-corrected chi connectivity index (χ2v) is 8.00. The molecule has 0 aliphatic rings. The van der Waals surface area contributed by atoms with Gasteiger partial charge in [0.25, 0.3) is 5.56 Å². The van der Waals surface area contributed by atoms with E-state index in [1.54, 1.807) is 56.4 Å². The van der Waals surface area contributed by atoms with Crippen LogP contribution in [0.25, 0.3) is 0 Å². The number of nitrogens with zero attached hydrogens (tertiary/aromatic N) is 1. The standard InChI is InChI=1S/C18H23N3O4S/c1-14(2)20-26(24,25)13-16-8-4-3-7-15(16)11-19-17(22)12-21-10-6-5-9-18(21)23/h3-10,14,20H,11-13H2,1-2H3,(H,19,22). The van der Waals surface area contributed by atoms with E-state index in [1.165, 1.54) is 10.6 Å². The van der Waals surface area contributed by atoms with Crippen LogP contribution < -0.4 is 15.6 Å². The van der Waals surface area contributed by atoms with Crippen LogP contribution in [0.3, 0.4) is 0 Å². The van der Waals surface area contributed by atoms with E-state index >= 15 is 0 Å². The second-order valence-electron chi connectivity index (χ2n) is 6.24. The highest BCUT2D eigenvalue weighted by Crippen LogP contribution is 2.12. The second kappa shape index (κ2) is 8.77. The van der Waals surface area contributed by atoms with Crippen molar-refractivity contribution in [1.82, 2.24) is 14.6 Å². The van der Waals surface area contributed by atoms with Crippen molar-refractivity contribution in [2.45, 2.75) is 38.7 Å². The molecule has 26 heavy (non-hydrogen) atoms. The van der Waals surface area contributed by atoms with Crippen LogP contribution in [0.1, 0.15) is 25.0 Å². The van der Waals surface area contributed by atoms with Crippen LogP contribution in [-0.4, -0.2) is 24.9 Å². The molecule has 2 aromatic rings. The fourth-order valence-electron chi connectivity index (χ4n) is 2.47. The lowest BCUT2D eigenvalue weighted by molar-refractivity contribution is -0.121. The molecule has 2 N–H and O–H groups in total. The summed E-state index contributed by atoms with van der Waals surface area (Å²) in [5.41, 5.74) is 1.09. The van der Waals surface area contributed by atoms with E-state index in [9.17, 15) is 18.0 Å². The predicted molar refractivity (Wildman–Crippen MR) is 99.9 cm³/mol. The first-order valence-electron chi connectivity index (χ1n) is 8.26. The molecule has 0 bridgehead atoms. The van der Waals surface area contributed by atoms with E-state index < -0.39 is 10.0 Å². The SMILES string of the molecule is CC(C)NS(=O)(=O)Cc1ccccc1CNC(=O)Cn1ccccc1=O. The van der Waals surface area contributed by atoms with Crippen molar-refractivity contribution in [3.8, 4) is 0 Å². The van der Waals surface area contributed by atoms with Crippen molar-refractivity contribution in [1.29, 1.82) is 0 Å². The molecule has 0 aliphatic heterocycles. The number of pyridine rings is 1. The van der Waals surface area contributed by atoms with E-state index in [2.05, 4.69) is 10.0 Å². The number of nitrogens with one attached hydrogen (secondary N) is 2. The molecule has 1 aromatic carbocycles. The minimum Gasteiger partial charge on any atom is -0.350 e. The van der Waals surface area contributed by atoms with Crippen LogP contribution in [0.15, 0.2) is 53.5 Å². The number of benzene rings is 1. The molecule has 0 aliphatic carbocycles. The molecule has 0 atom stereocenters. The zero-order chi connectivity index (χ0) is 19.2. The van der Waals surface area contributed by atoms with Gasteiger partial charge in [-0.25, -0.2) is 13.1 Å². The molecule has 0 radical (unpaired) electrons. The van der Waals surface area contributed by atoms with E-state index in [0.29, 0.717) is 5.56 Å². The summed E-state index contributed by atoms with van der Waals surface area (Å²) in [4.78, 5) is 23.7. The summed E-state index contributed by atoms with van der Waals surface area (Å²) in [7, 11) is -3.46. The third-order valence-electron chi connectivity index (χ3n) is 3.57. The first kappa shape index (κ1) is 19.9. The molecule has 140 valence electrons. The quantitative estimate of drug-likeness (QED) is 0.717. The van der Waals surface area contributed by atoms with Gasteiger partial charge >= 0.3 is 0 Å². The molecule has 0 spiro atoms. The molecule has 7 nitrogen and oxygen atoms in total. The van der Waals surface area contributed by atoms with Gasteiger partial charge in [-0.3, -0.25) is 9.59 Å². The number of carbonyl (C=O) groups is 1. The van der Waals surface area contributed by atoms with Crippen molar-refractivity contribution in [3.63, 3.8) is 0 Å². The summed E-state index contributed by atoms with van der Waals surface area (Å²) >= 11 is 0. The van der Waals surface area contributed by atoms with Gasteiger partial charge in [0.2, 0.25) is 15.9 Å². The lowest BCUT2D eigenvalue weighted by Crippen LogP contribution is -2.33. The zero-order valence-electron chi connectivity index (χ0n) is 14.8. The highest BCUT2D eigenvalue weighted by Gasteiger charge is 2.15. The molecule has 1 heterocycles. The number of amides is 1. The fraction of sp³-hybridized carbons (Fsp3) is 0.333. The largest absolute Gasteiger partial charge is 0.350 e. The Balaban J connectivity index is 2.03. The molecular formula is C18H23N3O4S. The topological polar surface area (TPSA) is 97.3 Å². The number of rotatable bonds is 8. The van der Waals surface area contributed by atoms with Crippen molar-refractivity contribution in [2.24, 2.45) is 0 Å². The summed E-state index contributed by atoms with van der Waals surface area (Å²) in [6, 6.07) is 11.5. The molecule has 2 rings (SSSR count). The lowest BCUT2D eigenvalue weighted by atomic mass is 10.1. The van der Waals surface area contributed by atoms with Crippen LogP contribution in [0.4, 0.5) is 0 Å². The number of hydrogen-bond acceptors (Lipinski definition) is 4. The highest BCUT2D eigenvalue weighted by molar-refractivity contribution is 7.88. The molecule has 8 heteroatoms. The first-order valence-corrected chi connectivity index (χ1v) is 9.91. The van der Waals surface area contributed by atoms with Gasteiger partial charge in [0.15, 0.2) is 0 Å². The number of hydrogen-bond donors (Lipinski definition) is 2. The monoisotopic (exact) mass is 377 g/mol. The van der Waals surface area contributed by atoms with E-state index in [-0.39, 0.29) is 36.4 Å². The van der Waals surface area contributed by atoms with Crippen LogP contribution in [0.2, 0.25) is 0 Å². The van der Waals surface area contributed by atoms with Gasteiger partial charge in [-0.2, -0.15) is 0 Å². The first-order chi connectivity index (χ1) is 12.3. The third kappa shape index (κ3) is 6.12. The minimum absolute atomic E-state index is 0.0883. The minimum atomic E-state index is -3.46. The average Bonchev–Trinajstić information content (AvgIpc) is 2.54. The van der Waals surface area contributed by atoms with Crippen molar-refractivity contribution >= 4 is 15.9 Å². The third-order valence-corrected chi connectivity index (χ3v) is 5.09. The van der Waals surface area contributed by atoms with Crippen LogP contribution in [0.5, 0.6) is 0 Å². The molecule has 0 saturated heterocycles. The molecule has 0 unspecified atom stereocenters. The Kier molecular flexibility index (Phi) is 6.70. The van der Waals surface area contributed by atoms with Gasteiger partial charge < -0.3 is 9.88 Å². The Labute approximate surface area is 153 Å². The predicted octanol–water partition coefficient (Wildman–Crippen LogP) is 0.992. The fourth-order valence-corrected chi connectivity index (χ4v) is 3.96. The number of carbonyl (C=O) groups excluding carboxylic acids is 1. The summed E-state index contributed by atoms with van der Waals surface area (Å²) < 4.78 is 28.1. The normalized spacial score (nSPS) is 11.5. The van der Waals surface area contributed by atoms with Gasteiger partial charge in [0, 0.05) is 24.8 Å². The maximum absolute atomic E-state index is 12.1. The Morgan fingerprint density at radius 1 is 1.08 bits per heavy atom. The van der Waals surface area contributed by atoms with Gasteiger partial charge in [-0.05, 0) is 31.0 Å². The van der Waals surface area contributed by atoms with Gasteiger partial charge in [0.1, 0.15) is 6.54 Å².